The van der Waals surface area contributed by atoms with Crippen molar-refractivity contribution >= 4 is 28.3 Å². The molecule has 0 atom stereocenters. The average Bonchev–Trinajstić information content (AvgIpc) is 3.29. The van der Waals surface area contributed by atoms with Crippen molar-refractivity contribution in [3.8, 4) is 17.2 Å². The van der Waals surface area contributed by atoms with Crippen LogP contribution < -0.4 is 15.4 Å². The first-order chi connectivity index (χ1) is 12.5. The third kappa shape index (κ3) is 4.28. The summed E-state index contributed by atoms with van der Waals surface area (Å²) >= 11 is 1.31. The van der Waals surface area contributed by atoms with Gasteiger partial charge in [-0.2, -0.15) is 0 Å². The van der Waals surface area contributed by atoms with Crippen LogP contribution in [0.2, 0.25) is 0 Å². The van der Waals surface area contributed by atoms with E-state index in [-0.39, 0.29) is 11.8 Å². The number of hydrogen-bond acceptors (Lipinski definition) is 6. The Labute approximate surface area is 154 Å². The molecule has 0 saturated carbocycles. The van der Waals surface area contributed by atoms with Gasteiger partial charge in [-0.1, -0.05) is 0 Å². The van der Waals surface area contributed by atoms with Crippen molar-refractivity contribution in [2.75, 3.05) is 12.4 Å². The SMILES string of the molecule is COc1ccc(C(=O)Nc2nc(-c3ccc(CNC(C)=O)o3)cs2)cc1. The first kappa shape index (κ1) is 17.7. The molecule has 3 aromatic rings. The summed E-state index contributed by atoms with van der Waals surface area (Å²) in [7, 11) is 1.57. The molecule has 7 nitrogen and oxygen atoms in total. The summed E-state index contributed by atoms with van der Waals surface area (Å²) in [5.41, 5.74) is 1.13. The molecule has 0 radical (unpaired) electrons. The van der Waals surface area contributed by atoms with Crippen LogP contribution in [0, 0.1) is 0 Å². The maximum absolute atomic E-state index is 12.3. The summed E-state index contributed by atoms with van der Waals surface area (Å²) in [5.74, 6) is 1.52. The molecule has 0 aliphatic rings. The number of thiazole rings is 1. The van der Waals surface area contributed by atoms with E-state index in [0.717, 1.165) is 0 Å². The summed E-state index contributed by atoms with van der Waals surface area (Å²) in [6.07, 6.45) is 0. The smallest absolute Gasteiger partial charge is 0.257 e. The Kier molecular flexibility index (Phi) is 5.33. The van der Waals surface area contributed by atoms with Crippen molar-refractivity contribution in [2.45, 2.75) is 13.5 Å². The first-order valence-electron chi connectivity index (χ1n) is 7.79. The van der Waals surface area contributed by atoms with E-state index in [1.54, 1.807) is 48.9 Å². The van der Waals surface area contributed by atoms with Gasteiger partial charge in [-0.3, -0.25) is 14.9 Å². The molecule has 0 fully saturated rings. The zero-order valence-corrected chi connectivity index (χ0v) is 15.1. The standard InChI is InChI=1S/C18H17N3O4S/c1-11(22)19-9-14-7-8-16(25-14)15-10-26-18(20-15)21-17(23)12-3-5-13(24-2)6-4-12/h3-8,10H,9H2,1-2H3,(H,19,22)(H,20,21,23). The van der Waals surface area contributed by atoms with Crippen LogP contribution in [-0.4, -0.2) is 23.9 Å². The number of methoxy groups -OCH3 is 1. The number of furan rings is 1. The molecule has 0 bridgehead atoms. The minimum atomic E-state index is -0.251. The highest BCUT2D eigenvalue weighted by molar-refractivity contribution is 7.14. The van der Waals surface area contributed by atoms with Gasteiger partial charge in [0.25, 0.3) is 5.91 Å². The second-order valence-electron chi connectivity index (χ2n) is 5.40. The third-order valence-electron chi connectivity index (χ3n) is 3.50. The van der Waals surface area contributed by atoms with Crippen molar-refractivity contribution < 1.29 is 18.7 Å². The van der Waals surface area contributed by atoms with E-state index >= 15 is 0 Å². The van der Waals surface area contributed by atoms with Gasteiger partial charge in [0.15, 0.2) is 10.9 Å². The Hall–Kier alpha value is -3.13. The van der Waals surface area contributed by atoms with Gasteiger partial charge in [-0.25, -0.2) is 4.98 Å². The summed E-state index contributed by atoms with van der Waals surface area (Å²) in [6.45, 7) is 1.77. The predicted octanol–water partition coefficient (Wildman–Crippen LogP) is 3.30. The van der Waals surface area contributed by atoms with E-state index < -0.39 is 0 Å². The second kappa shape index (κ2) is 7.83. The Balaban J connectivity index is 1.65. The molecule has 0 saturated heterocycles. The van der Waals surface area contributed by atoms with E-state index in [2.05, 4.69) is 15.6 Å². The van der Waals surface area contributed by atoms with Gasteiger partial charge < -0.3 is 14.5 Å². The molecule has 2 aromatic heterocycles. The topological polar surface area (TPSA) is 93.5 Å². The number of ether oxygens (including phenoxy) is 1. The average molecular weight is 371 g/mol. The van der Waals surface area contributed by atoms with Gasteiger partial charge >= 0.3 is 0 Å². The normalized spacial score (nSPS) is 10.4. The van der Waals surface area contributed by atoms with Gasteiger partial charge in [0.1, 0.15) is 17.2 Å². The number of amides is 2. The van der Waals surface area contributed by atoms with Gasteiger partial charge in [0, 0.05) is 17.9 Å². The number of anilines is 1. The highest BCUT2D eigenvalue weighted by Crippen LogP contribution is 2.27. The molecule has 0 spiro atoms. The number of carbonyl (C=O) groups excluding carboxylic acids is 2. The zero-order valence-electron chi connectivity index (χ0n) is 14.2. The molecule has 1 aromatic carbocycles. The first-order valence-corrected chi connectivity index (χ1v) is 8.67. The third-order valence-corrected chi connectivity index (χ3v) is 4.26. The highest BCUT2D eigenvalue weighted by atomic mass is 32.1. The second-order valence-corrected chi connectivity index (χ2v) is 6.25. The number of nitrogens with zero attached hydrogens (tertiary/aromatic N) is 1. The lowest BCUT2D eigenvalue weighted by Gasteiger charge is -2.03. The van der Waals surface area contributed by atoms with Crippen molar-refractivity contribution in [3.05, 3.63) is 53.1 Å². The van der Waals surface area contributed by atoms with Gasteiger partial charge in [-0.15, -0.1) is 11.3 Å². The fourth-order valence-corrected chi connectivity index (χ4v) is 2.87. The molecular weight excluding hydrogens is 354 g/mol. The minimum absolute atomic E-state index is 0.125. The number of aromatic nitrogens is 1. The number of rotatable bonds is 6. The maximum Gasteiger partial charge on any atom is 0.257 e. The van der Waals surface area contributed by atoms with Crippen LogP contribution in [0.5, 0.6) is 5.75 Å². The molecule has 2 amide bonds. The van der Waals surface area contributed by atoms with Crippen LogP contribution in [0.15, 0.2) is 46.2 Å². The molecule has 134 valence electrons. The van der Waals surface area contributed by atoms with E-state index in [9.17, 15) is 9.59 Å². The van der Waals surface area contributed by atoms with E-state index in [1.165, 1.54) is 18.3 Å². The van der Waals surface area contributed by atoms with Crippen LogP contribution in [0.4, 0.5) is 5.13 Å². The minimum Gasteiger partial charge on any atom is -0.497 e. The predicted molar refractivity (Wildman–Crippen MR) is 98.3 cm³/mol. The van der Waals surface area contributed by atoms with Crippen LogP contribution in [0.1, 0.15) is 23.0 Å². The summed E-state index contributed by atoms with van der Waals surface area (Å²) in [4.78, 5) is 27.6. The zero-order chi connectivity index (χ0) is 18.5. The van der Waals surface area contributed by atoms with Crippen molar-refractivity contribution in [2.24, 2.45) is 0 Å². The number of benzene rings is 1. The van der Waals surface area contributed by atoms with E-state index in [1.807, 2.05) is 0 Å². The van der Waals surface area contributed by atoms with Crippen LogP contribution in [0.3, 0.4) is 0 Å². The molecule has 0 unspecified atom stereocenters. The molecule has 3 rings (SSSR count). The van der Waals surface area contributed by atoms with Gasteiger partial charge in [-0.05, 0) is 36.4 Å². The van der Waals surface area contributed by atoms with E-state index in [4.69, 9.17) is 9.15 Å². The fourth-order valence-electron chi connectivity index (χ4n) is 2.18. The van der Waals surface area contributed by atoms with Gasteiger partial charge in [0.2, 0.25) is 5.91 Å². The Morgan fingerprint density at radius 3 is 2.65 bits per heavy atom. The van der Waals surface area contributed by atoms with Crippen LogP contribution in [0.25, 0.3) is 11.5 Å². The number of nitrogens with one attached hydrogen (secondary N) is 2. The quantitative estimate of drug-likeness (QED) is 0.693. The monoisotopic (exact) mass is 371 g/mol. The Bertz CT molecular complexity index is 915. The number of hydrogen-bond donors (Lipinski definition) is 2. The van der Waals surface area contributed by atoms with Crippen LogP contribution >= 0.6 is 11.3 Å². The summed E-state index contributed by atoms with van der Waals surface area (Å²) in [6, 6.07) is 10.4. The summed E-state index contributed by atoms with van der Waals surface area (Å²) < 4.78 is 10.7. The molecular formula is C18H17N3O4S. The lowest BCUT2D eigenvalue weighted by Crippen LogP contribution is -2.18. The fraction of sp³-hybridized carbons (Fsp3) is 0.167. The largest absolute Gasteiger partial charge is 0.497 e. The lowest BCUT2D eigenvalue weighted by atomic mass is 10.2. The molecule has 2 heterocycles. The van der Waals surface area contributed by atoms with Crippen molar-refractivity contribution in [3.63, 3.8) is 0 Å². The highest BCUT2D eigenvalue weighted by Gasteiger charge is 2.12. The molecule has 2 N–H and O–H groups in total. The number of carbonyl (C=O) groups is 2. The van der Waals surface area contributed by atoms with Crippen molar-refractivity contribution in [1.29, 1.82) is 0 Å². The molecule has 8 heteroatoms. The molecule has 26 heavy (non-hydrogen) atoms. The Morgan fingerprint density at radius 1 is 1.19 bits per heavy atom. The summed E-state index contributed by atoms with van der Waals surface area (Å²) in [5, 5.41) is 7.70. The lowest BCUT2D eigenvalue weighted by molar-refractivity contribution is -0.119. The molecule has 0 aliphatic heterocycles. The molecule has 0 aliphatic carbocycles. The Morgan fingerprint density at radius 2 is 1.96 bits per heavy atom. The van der Waals surface area contributed by atoms with Crippen LogP contribution in [-0.2, 0) is 11.3 Å². The van der Waals surface area contributed by atoms with Crippen molar-refractivity contribution in [1.82, 2.24) is 10.3 Å². The maximum atomic E-state index is 12.3. The van der Waals surface area contributed by atoms with Gasteiger partial charge in [0.05, 0.1) is 13.7 Å². The van der Waals surface area contributed by atoms with E-state index in [0.29, 0.717) is 40.2 Å².